The number of halogens is 1. The molecule has 0 fully saturated rings. The van der Waals surface area contributed by atoms with Crippen molar-refractivity contribution in [1.82, 2.24) is 5.32 Å². The van der Waals surface area contributed by atoms with Crippen molar-refractivity contribution >= 4 is 21.4 Å². The van der Waals surface area contributed by atoms with Crippen LogP contribution in [0.4, 0.5) is 10.1 Å². The van der Waals surface area contributed by atoms with Gasteiger partial charge in [-0.25, -0.2) is 12.8 Å². The van der Waals surface area contributed by atoms with E-state index in [9.17, 15) is 17.6 Å². The summed E-state index contributed by atoms with van der Waals surface area (Å²) in [4.78, 5) is 12.0. The lowest BCUT2D eigenvalue weighted by atomic mass is 10.1. The van der Waals surface area contributed by atoms with Crippen LogP contribution in [0, 0.1) is 5.82 Å². The van der Waals surface area contributed by atoms with E-state index in [2.05, 4.69) is 17.6 Å². The Morgan fingerprint density at radius 3 is 2.38 bits per heavy atom. The lowest BCUT2D eigenvalue weighted by Crippen LogP contribution is -2.30. The van der Waals surface area contributed by atoms with Crippen molar-refractivity contribution in [1.29, 1.82) is 0 Å². The Morgan fingerprint density at radius 2 is 1.81 bits per heavy atom. The maximum absolute atomic E-state index is 13.8. The van der Waals surface area contributed by atoms with Crippen molar-refractivity contribution in [3.8, 4) is 0 Å². The molecule has 1 atom stereocenters. The predicted octanol–water partition coefficient (Wildman–Crippen LogP) is 3.08. The summed E-state index contributed by atoms with van der Waals surface area (Å²) in [5.41, 5.74) is 2.12. The number of hydrogen-bond acceptors (Lipinski definition) is 4. The first-order valence-corrected chi connectivity index (χ1v) is 10.2. The van der Waals surface area contributed by atoms with Crippen molar-refractivity contribution in [2.75, 3.05) is 18.1 Å². The van der Waals surface area contributed by atoms with Gasteiger partial charge in [-0.1, -0.05) is 31.2 Å². The minimum absolute atomic E-state index is 0.0285. The Bertz CT molecular complexity index is 880. The summed E-state index contributed by atoms with van der Waals surface area (Å²) in [6.07, 6.45) is 1.99. The van der Waals surface area contributed by atoms with Crippen LogP contribution in [0.3, 0.4) is 0 Å². The van der Waals surface area contributed by atoms with E-state index in [1.165, 1.54) is 11.6 Å². The molecule has 0 aromatic heterocycles. The molecule has 140 valence electrons. The molecule has 2 rings (SSSR count). The molecule has 1 amide bonds. The zero-order chi connectivity index (χ0) is 19.3. The van der Waals surface area contributed by atoms with E-state index >= 15 is 0 Å². The molecule has 0 aliphatic carbocycles. The van der Waals surface area contributed by atoms with Gasteiger partial charge in [-0.15, -0.1) is 0 Å². The molecule has 0 aliphatic rings. The highest BCUT2D eigenvalue weighted by molar-refractivity contribution is 7.90. The predicted molar refractivity (Wildman–Crippen MR) is 100 cm³/mol. The Balaban J connectivity index is 1.98. The number of nitrogens with one attached hydrogen (secondary N) is 2. The fraction of sp³-hybridized carbons (Fsp3) is 0.316. The van der Waals surface area contributed by atoms with Gasteiger partial charge in [-0.05, 0) is 42.7 Å². The second-order valence-corrected chi connectivity index (χ2v) is 8.18. The van der Waals surface area contributed by atoms with Crippen LogP contribution in [-0.4, -0.2) is 27.1 Å². The quantitative estimate of drug-likeness (QED) is 0.726. The van der Waals surface area contributed by atoms with Gasteiger partial charge in [-0.2, -0.15) is 0 Å². The Labute approximate surface area is 153 Å². The summed E-state index contributed by atoms with van der Waals surface area (Å²) in [5.74, 6) is -1.14. The SMILES string of the molecule is CCc1ccc(C(C)NCC(=O)Nc2cc(S(C)(=O)=O)ccc2F)cc1. The molecule has 0 saturated heterocycles. The number of amides is 1. The topological polar surface area (TPSA) is 75.3 Å². The fourth-order valence-corrected chi connectivity index (χ4v) is 3.08. The summed E-state index contributed by atoms with van der Waals surface area (Å²) < 4.78 is 36.9. The highest BCUT2D eigenvalue weighted by atomic mass is 32.2. The van der Waals surface area contributed by atoms with Crippen LogP contribution >= 0.6 is 0 Å². The molecule has 5 nitrogen and oxygen atoms in total. The van der Waals surface area contributed by atoms with E-state index in [0.717, 1.165) is 30.4 Å². The van der Waals surface area contributed by atoms with Gasteiger partial charge in [-0.3, -0.25) is 4.79 Å². The van der Waals surface area contributed by atoms with E-state index < -0.39 is 21.6 Å². The third-order valence-corrected chi connectivity index (χ3v) is 5.21. The summed E-state index contributed by atoms with van der Waals surface area (Å²) in [6, 6.07) is 11.3. The lowest BCUT2D eigenvalue weighted by molar-refractivity contribution is -0.115. The van der Waals surface area contributed by atoms with Crippen LogP contribution in [0.1, 0.15) is 31.0 Å². The van der Waals surface area contributed by atoms with Gasteiger partial charge >= 0.3 is 0 Å². The lowest BCUT2D eigenvalue weighted by Gasteiger charge is -2.15. The van der Waals surface area contributed by atoms with Crippen molar-refractivity contribution < 1.29 is 17.6 Å². The van der Waals surface area contributed by atoms with Crippen molar-refractivity contribution in [2.24, 2.45) is 0 Å². The van der Waals surface area contributed by atoms with Crippen LogP contribution in [0.15, 0.2) is 47.4 Å². The van der Waals surface area contributed by atoms with E-state index in [1.807, 2.05) is 31.2 Å². The van der Waals surface area contributed by atoms with Crippen LogP contribution in [0.5, 0.6) is 0 Å². The molecule has 0 radical (unpaired) electrons. The van der Waals surface area contributed by atoms with Gasteiger partial charge in [0, 0.05) is 12.3 Å². The second kappa shape index (κ2) is 8.42. The number of benzene rings is 2. The van der Waals surface area contributed by atoms with Crippen LogP contribution in [0.2, 0.25) is 0 Å². The highest BCUT2D eigenvalue weighted by Gasteiger charge is 2.14. The van der Waals surface area contributed by atoms with Gasteiger partial charge < -0.3 is 10.6 Å². The van der Waals surface area contributed by atoms with E-state index in [0.29, 0.717) is 0 Å². The van der Waals surface area contributed by atoms with Crippen molar-refractivity contribution in [3.05, 3.63) is 59.4 Å². The smallest absolute Gasteiger partial charge is 0.238 e. The van der Waals surface area contributed by atoms with Crippen LogP contribution in [0.25, 0.3) is 0 Å². The number of rotatable bonds is 7. The van der Waals surface area contributed by atoms with E-state index in [-0.39, 0.29) is 23.2 Å². The normalized spacial score (nSPS) is 12.6. The number of sulfone groups is 1. The largest absolute Gasteiger partial charge is 0.322 e. The Kier molecular flexibility index (Phi) is 6.50. The monoisotopic (exact) mass is 378 g/mol. The molecule has 26 heavy (non-hydrogen) atoms. The molecule has 0 spiro atoms. The summed E-state index contributed by atoms with van der Waals surface area (Å²) >= 11 is 0. The minimum Gasteiger partial charge on any atom is -0.322 e. The second-order valence-electron chi connectivity index (χ2n) is 6.16. The van der Waals surface area contributed by atoms with Gasteiger partial charge in [0.05, 0.1) is 17.1 Å². The third-order valence-electron chi connectivity index (χ3n) is 4.10. The Morgan fingerprint density at radius 1 is 1.15 bits per heavy atom. The standard InChI is InChI=1S/C19H23FN2O3S/c1-4-14-5-7-15(8-6-14)13(2)21-12-19(23)22-18-11-16(26(3,24)25)9-10-17(18)20/h5-11,13,21H,4,12H2,1-3H3,(H,22,23). The molecule has 2 aromatic rings. The number of carbonyl (C=O) groups is 1. The van der Waals surface area contributed by atoms with Gasteiger partial charge in [0.2, 0.25) is 5.91 Å². The molecule has 7 heteroatoms. The van der Waals surface area contributed by atoms with Crippen molar-refractivity contribution in [3.63, 3.8) is 0 Å². The molecule has 1 unspecified atom stereocenters. The number of carbonyl (C=O) groups excluding carboxylic acids is 1. The molecule has 0 bridgehead atoms. The molecule has 0 heterocycles. The van der Waals surface area contributed by atoms with Crippen molar-refractivity contribution in [2.45, 2.75) is 31.2 Å². The van der Waals surface area contributed by atoms with Crippen LogP contribution < -0.4 is 10.6 Å². The van der Waals surface area contributed by atoms with Gasteiger partial charge in [0.15, 0.2) is 9.84 Å². The first kappa shape index (κ1) is 20.1. The van der Waals surface area contributed by atoms with E-state index in [4.69, 9.17) is 0 Å². The summed E-state index contributed by atoms with van der Waals surface area (Å²) in [7, 11) is -3.48. The maximum Gasteiger partial charge on any atom is 0.238 e. The summed E-state index contributed by atoms with van der Waals surface area (Å²) in [6.45, 7) is 3.98. The molecule has 2 N–H and O–H groups in total. The number of hydrogen-bond donors (Lipinski definition) is 2. The summed E-state index contributed by atoms with van der Waals surface area (Å²) in [5, 5.41) is 5.47. The maximum atomic E-state index is 13.8. The van der Waals surface area contributed by atoms with Crippen LogP contribution in [-0.2, 0) is 21.1 Å². The Hall–Kier alpha value is -2.25. The zero-order valence-corrected chi connectivity index (χ0v) is 15.9. The zero-order valence-electron chi connectivity index (χ0n) is 15.0. The first-order chi connectivity index (χ1) is 12.2. The van der Waals surface area contributed by atoms with Gasteiger partial charge in [0.25, 0.3) is 0 Å². The van der Waals surface area contributed by atoms with E-state index in [1.54, 1.807) is 0 Å². The molecular formula is C19H23FN2O3S. The average Bonchev–Trinajstić information content (AvgIpc) is 2.60. The minimum atomic E-state index is -3.48. The molecule has 0 saturated carbocycles. The molecular weight excluding hydrogens is 355 g/mol. The highest BCUT2D eigenvalue weighted by Crippen LogP contribution is 2.19. The van der Waals surface area contributed by atoms with Gasteiger partial charge in [0.1, 0.15) is 5.82 Å². The number of aryl methyl sites for hydroxylation is 1. The average molecular weight is 378 g/mol. The molecule has 0 aliphatic heterocycles. The number of anilines is 1. The first-order valence-electron chi connectivity index (χ1n) is 8.32. The molecule has 2 aromatic carbocycles. The third kappa shape index (κ3) is 5.37. The fourth-order valence-electron chi connectivity index (χ4n) is 2.43.